The van der Waals surface area contributed by atoms with Crippen molar-refractivity contribution in [2.24, 2.45) is 0 Å². The number of aromatic nitrogens is 3. The quantitative estimate of drug-likeness (QED) is 0.258. The number of pyridine rings is 1. The molecule has 1 spiro atoms. The van der Waals surface area contributed by atoms with Gasteiger partial charge in [-0.1, -0.05) is 24.0 Å². The molecule has 0 radical (unpaired) electrons. The molecular formula is C36H37F2N5O7. The van der Waals surface area contributed by atoms with Gasteiger partial charge in [-0.25, -0.2) is 28.5 Å². The van der Waals surface area contributed by atoms with Crippen molar-refractivity contribution in [3.05, 3.63) is 47.9 Å². The molecule has 1 N–H and O–H groups in total. The minimum atomic E-state index is -2.98. The van der Waals surface area contributed by atoms with Crippen molar-refractivity contribution in [2.45, 2.75) is 75.3 Å². The topological polar surface area (TPSA) is 133 Å². The lowest BCUT2D eigenvalue weighted by Crippen LogP contribution is -2.68. The second kappa shape index (κ2) is 13.3. The average Bonchev–Trinajstić information content (AvgIpc) is 3.70. The van der Waals surface area contributed by atoms with Gasteiger partial charge in [-0.3, -0.25) is 0 Å². The zero-order valence-corrected chi connectivity index (χ0v) is 27.5. The number of alkyl halides is 2. The molecule has 8 rings (SSSR count). The fourth-order valence-electron chi connectivity index (χ4n) is 7.34. The minimum Gasteiger partial charge on any atom is -0.480 e. The van der Waals surface area contributed by atoms with Crippen molar-refractivity contribution in [3.63, 3.8) is 0 Å². The van der Waals surface area contributed by atoms with E-state index >= 15 is 0 Å². The summed E-state index contributed by atoms with van der Waals surface area (Å²) in [5, 5.41) is 10.9. The summed E-state index contributed by atoms with van der Waals surface area (Å²) in [6, 6.07) is 7.67. The molecule has 12 nitrogen and oxygen atoms in total. The number of benzene rings is 1. The van der Waals surface area contributed by atoms with Gasteiger partial charge in [-0.05, 0) is 44.4 Å². The lowest BCUT2D eigenvalue weighted by atomic mass is 9.90. The minimum absolute atomic E-state index is 0.0190. The van der Waals surface area contributed by atoms with Crippen LogP contribution in [-0.2, 0) is 19.0 Å². The molecule has 0 saturated carbocycles. The van der Waals surface area contributed by atoms with Crippen molar-refractivity contribution in [1.82, 2.24) is 15.0 Å². The molecule has 0 amide bonds. The second-order valence-corrected chi connectivity index (χ2v) is 13.3. The van der Waals surface area contributed by atoms with Gasteiger partial charge >= 0.3 is 5.97 Å². The van der Waals surface area contributed by atoms with Gasteiger partial charge in [0.05, 0.1) is 38.5 Å². The summed E-state index contributed by atoms with van der Waals surface area (Å²) in [4.78, 5) is 29.2. The second-order valence-electron chi connectivity index (χ2n) is 13.3. The largest absolute Gasteiger partial charge is 0.480 e. The Morgan fingerprint density at radius 1 is 1.18 bits per heavy atom. The van der Waals surface area contributed by atoms with Gasteiger partial charge in [0.15, 0.2) is 17.2 Å². The molecule has 0 bridgehead atoms. The SMILES string of the molecule is C[C@@H]1N(c2cc(C#CC[C@@H]3CCCCO3)cnc2O[C@H]2C[C@@H](C(=O)O)N(c3nc(C(F)F)nc4c3oc3ccccc34)C2)CCOC12COC2. The molecule has 1 aromatic carbocycles. The van der Waals surface area contributed by atoms with Gasteiger partial charge < -0.3 is 38.3 Å². The average molecular weight is 690 g/mol. The first-order valence-electron chi connectivity index (χ1n) is 17.0. The summed E-state index contributed by atoms with van der Waals surface area (Å²) in [5.41, 5.74) is 1.73. The summed E-state index contributed by atoms with van der Waals surface area (Å²) >= 11 is 0. The van der Waals surface area contributed by atoms with Crippen LogP contribution in [0.5, 0.6) is 5.88 Å². The van der Waals surface area contributed by atoms with Gasteiger partial charge in [0.2, 0.25) is 5.88 Å². The monoisotopic (exact) mass is 689 g/mol. The zero-order valence-electron chi connectivity index (χ0n) is 27.5. The highest BCUT2D eigenvalue weighted by Gasteiger charge is 2.50. The van der Waals surface area contributed by atoms with Crippen LogP contribution in [0.3, 0.4) is 0 Å². The smallest absolute Gasteiger partial charge is 0.326 e. The third kappa shape index (κ3) is 5.97. The van der Waals surface area contributed by atoms with Crippen molar-refractivity contribution < 1.29 is 42.0 Å². The van der Waals surface area contributed by atoms with E-state index in [2.05, 4.69) is 33.6 Å². The molecule has 14 heteroatoms. The molecule has 4 aromatic rings. The highest BCUT2D eigenvalue weighted by Crippen LogP contribution is 2.41. The number of anilines is 2. The Labute approximate surface area is 286 Å². The van der Waals surface area contributed by atoms with Crippen LogP contribution in [0.25, 0.3) is 22.1 Å². The Morgan fingerprint density at radius 2 is 2.04 bits per heavy atom. The van der Waals surface area contributed by atoms with Gasteiger partial charge in [0.1, 0.15) is 34.5 Å². The van der Waals surface area contributed by atoms with Crippen molar-refractivity contribution >= 4 is 39.5 Å². The number of morpholine rings is 1. The van der Waals surface area contributed by atoms with E-state index in [0.29, 0.717) is 60.9 Å². The van der Waals surface area contributed by atoms with Crippen LogP contribution in [0.15, 0.2) is 40.9 Å². The van der Waals surface area contributed by atoms with Crippen LogP contribution < -0.4 is 14.5 Å². The van der Waals surface area contributed by atoms with Crippen LogP contribution >= 0.6 is 0 Å². The molecule has 262 valence electrons. The number of carboxylic acids is 1. The number of halogens is 2. The van der Waals surface area contributed by atoms with E-state index < -0.39 is 36.0 Å². The Balaban J connectivity index is 1.12. The number of nitrogens with zero attached hydrogens (tertiary/aromatic N) is 5. The van der Waals surface area contributed by atoms with Gasteiger partial charge in [-0.2, -0.15) is 0 Å². The fourth-order valence-corrected chi connectivity index (χ4v) is 7.34. The lowest BCUT2D eigenvalue weighted by molar-refractivity contribution is -0.228. The molecule has 4 saturated heterocycles. The van der Waals surface area contributed by atoms with E-state index in [1.807, 2.05) is 6.07 Å². The predicted molar refractivity (Wildman–Crippen MR) is 178 cm³/mol. The maximum Gasteiger partial charge on any atom is 0.326 e. The highest BCUT2D eigenvalue weighted by molar-refractivity contribution is 6.06. The van der Waals surface area contributed by atoms with Crippen molar-refractivity contribution in [1.29, 1.82) is 0 Å². The van der Waals surface area contributed by atoms with E-state index in [9.17, 15) is 18.7 Å². The van der Waals surface area contributed by atoms with Crippen LogP contribution in [0.4, 0.5) is 20.3 Å². The molecule has 4 aliphatic heterocycles. The summed E-state index contributed by atoms with van der Waals surface area (Å²) < 4.78 is 58.3. The standard InChI is InChI=1S/C36H37F2N5O7/c1-21-36(19-46-20-36)48-14-12-42(21)26-15-22(7-6-9-23-8-4-5-13-47-23)17-39-34(26)49-24-16-27(35(44)45)43(18-24)33-30-29(40-32(41-33)31(37)38)25-10-2-3-11-28(25)50-30/h2-3,10-11,15,17,21,23-24,27,31H,4-5,8-9,12-14,16,18-20H2,1H3,(H,44,45)/t21-,23-,24-,27-/m0/s1. The summed E-state index contributed by atoms with van der Waals surface area (Å²) in [6.45, 7) is 4.88. The first kappa shape index (κ1) is 32.6. The molecule has 50 heavy (non-hydrogen) atoms. The third-order valence-electron chi connectivity index (χ3n) is 10.1. The normalized spacial score (nSPS) is 24.8. The molecular weight excluding hydrogens is 652 g/mol. The van der Waals surface area contributed by atoms with E-state index in [-0.39, 0.29) is 42.0 Å². The summed E-state index contributed by atoms with van der Waals surface area (Å²) in [5.74, 6) is 4.94. The number of hydrogen-bond donors (Lipinski definition) is 1. The molecule has 0 unspecified atom stereocenters. The first-order chi connectivity index (χ1) is 24.3. The highest BCUT2D eigenvalue weighted by atomic mass is 19.3. The van der Waals surface area contributed by atoms with Crippen LogP contribution in [0.2, 0.25) is 0 Å². The fraction of sp³-hybridized carbons (Fsp3) is 0.500. The maximum atomic E-state index is 14.1. The lowest BCUT2D eigenvalue weighted by Gasteiger charge is -2.53. The number of carboxylic acid groups (broad SMARTS) is 1. The van der Waals surface area contributed by atoms with Crippen LogP contribution in [0, 0.1) is 11.8 Å². The molecule has 4 fully saturated rings. The molecule has 7 heterocycles. The zero-order chi connectivity index (χ0) is 34.4. The molecule has 4 atom stereocenters. The molecule has 4 aliphatic rings. The van der Waals surface area contributed by atoms with E-state index in [0.717, 1.165) is 25.9 Å². The van der Waals surface area contributed by atoms with Crippen molar-refractivity contribution in [2.75, 3.05) is 49.3 Å². The number of carbonyl (C=O) groups is 1. The summed E-state index contributed by atoms with van der Waals surface area (Å²) in [6.07, 6.45) is 2.02. The number of hydrogen-bond acceptors (Lipinski definition) is 11. The predicted octanol–water partition coefficient (Wildman–Crippen LogP) is 5.12. The Morgan fingerprint density at radius 3 is 2.80 bits per heavy atom. The number of ether oxygens (including phenoxy) is 4. The Bertz CT molecular complexity index is 1970. The number of aliphatic carboxylic acids is 1. The number of furan rings is 1. The molecule has 3 aromatic heterocycles. The van der Waals surface area contributed by atoms with Gasteiger partial charge in [0.25, 0.3) is 6.43 Å². The number of rotatable bonds is 7. The number of para-hydroxylation sites is 1. The van der Waals surface area contributed by atoms with Gasteiger partial charge in [-0.15, -0.1) is 0 Å². The molecule has 0 aliphatic carbocycles. The Hall–Kier alpha value is -4.58. The Kier molecular flexibility index (Phi) is 8.66. The maximum absolute atomic E-state index is 14.1. The van der Waals surface area contributed by atoms with E-state index in [4.69, 9.17) is 28.3 Å². The first-order valence-corrected chi connectivity index (χ1v) is 17.0. The van der Waals surface area contributed by atoms with Crippen LogP contribution in [-0.4, -0.2) is 95.4 Å². The summed E-state index contributed by atoms with van der Waals surface area (Å²) in [7, 11) is 0. The third-order valence-corrected chi connectivity index (χ3v) is 10.1. The number of fused-ring (bicyclic) bond motifs is 3. The van der Waals surface area contributed by atoms with E-state index in [1.54, 1.807) is 30.5 Å². The van der Waals surface area contributed by atoms with Gasteiger partial charge in [0, 0.05) is 43.1 Å². The van der Waals surface area contributed by atoms with E-state index in [1.165, 1.54) is 4.90 Å². The van der Waals surface area contributed by atoms with Crippen molar-refractivity contribution in [3.8, 4) is 17.7 Å². The van der Waals surface area contributed by atoms with Crippen LogP contribution in [0.1, 0.15) is 56.8 Å².